The summed E-state index contributed by atoms with van der Waals surface area (Å²) in [6, 6.07) is 14.8. The smallest absolute Gasteiger partial charge is 0.159 e. The molecule has 1 aliphatic heterocycles. The number of nitrogens with zero attached hydrogens (tertiary/aromatic N) is 3. The normalized spacial score (nSPS) is 15.0. The Balaban J connectivity index is 1.69. The van der Waals surface area contributed by atoms with Crippen molar-refractivity contribution in [1.29, 1.82) is 5.26 Å². The Morgan fingerprint density at radius 1 is 1.16 bits per heavy atom. The SMILES string of the molecule is CC(=O)c1ccc(C#N)c(N2CCN(Cc3cccc(O)c3)CC2)c1. The first-order valence-corrected chi connectivity index (χ1v) is 8.37. The molecule has 0 bridgehead atoms. The van der Waals surface area contributed by atoms with Crippen molar-refractivity contribution >= 4 is 11.5 Å². The molecule has 25 heavy (non-hydrogen) atoms. The van der Waals surface area contributed by atoms with Gasteiger partial charge < -0.3 is 10.0 Å². The average Bonchev–Trinajstić information content (AvgIpc) is 2.62. The van der Waals surface area contributed by atoms with Crippen LogP contribution in [-0.2, 0) is 6.54 Å². The number of nitriles is 1. The molecule has 0 saturated carbocycles. The van der Waals surface area contributed by atoms with Gasteiger partial charge in [0.1, 0.15) is 11.8 Å². The van der Waals surface area contributed by atoms with Crippen LogP contribution >= 0.6 is 0 Å². The zero-order valence-corrected chi connectivity index (χ0v) is 14.3. The number of aromatic hydroxyl groups is 1. The highest BCUT2D eigenvalue weighted by molar-refractivity contribution is 5.95. The first kappa shape index (κ1) is 17.0. The Morgan fingerprint density at radius 2 is 1.92 bits per heavy atom. The Kier molecular flexibility index (Phi) is 5.01. The number of Topliss-reactive ketones (excluding diaryl/α,β-unsaturated/α-hetero) is 1. The number of rotatable bonds is 4. The second-order valence-corrected chi connectivity index (χ2v) is 6.33. The second kappa shape index (κ2) is 7.37. The summed E-state index contributed by atoms with van der Waals surface area (Å²) < 4.78 is 0. The minimum atomic E-state index is 0.00765. The third kappa shape index (κ3) is 3.98. The molecule has 0 amide bonds. The van der Waals surface area contributed by atoms with E-state index in [4.69, 9.17) is 0 Å². The summed E-state index contributed by atoms with van der Waals surface area (Å²) in [6.45, 7) is 5.67. The van der Waals surface area contributed by atoms with Crippen molar-refractivity contribution in [3.05, 3.63) is 59.2 Å². The lowest BCUT2D eigenvalue weighted by molar-refractivity contribution is 0.101. The van der Waals surface area contributed by atoms with E-state index in [2.05, 4.69) is 15.9 Å². The predicted octanol–water partition coefficient (Wildman–Crippen LogP) is 2.79. The van der Waals surface area contributed by atoms with Crippen molar-refractivity contribution in [2.45, 2.75) is 13.5 Å². The minimum Gasteiger partial charge on any atom is -0.508 e. The summed E-state index contributed by atoms with van der Waals surface area (Å²) in [5.41, 5.74) is 3.17. The lowest BCUT2D eigenvalue weighted by Gasteiger charge is -2.36. The van der Waals surface area contributed by atoms with Crippen LogP contribution in [0.4, 0.5) is 5.69 Å². The van der Waals surface area contributed by atoms with Gasteiger partial charge in [-0.3, -0.25) is 9.69 Å². The van der Waals surface area contributed by atoms with Crippen molar-refractivity contribution in [3.63, 3.8) is 0 Å². The maximum atomic E-state index is 11.6. The summed E-state index contributed by atoms with van der Waals surface area (Å²) in [7, 11) is 0. The molecule has 0 unspecified atom stereocenters. The summed E-state index contributed by atoms with van der Waals surface area (Å²) >= 11 is 0. The number of hydrogen-bond donors (Lipinski definition) is 1. The summed E-state index contributed by atoms with van der Waals surface area (Å²) in [5.74, 6) is 0.295. The van der Waals surface area contributed by atoms with Crippen LogP contribution in [0.25, 0.3) is 0 Å². The summed E-state index contributed by atoms with van der Waals surface area (Å²) in [5, 5.41) is 18.9. The fraction of sp³-hybridized carbons (Fsp3) is 0.300. The van der Waals surface area contributed by atoms with E-state index in [-0.39, 0.29) is 11.5 Å². The predicted molar refractivity (Wildman–Crippen MR) is 96.8 cm³/mol. The molecule has 1 N–H and O–H groups in total. The third-order valence-corrected chi connectivity index (χ3v) is 4.55. The van der Waals surface area contributed by atoms with Crippen molar-refractivity contribution in [2.75, 3.05) is 31.1 Å². The Bertz CT molecular complexity index is 818. The molecule has 1 aliphatic rings. The van der Waals surface area contributed by atoms with Gasteiger partial charge >= 0.3 is 0 Å². The van der Waals surface area contributed by atoms with Crippen molar-refractivity contribution in [1.82, 2.24) is 4.90 Å². The molecule has 1 saturated heterocycles. The van der Waals surface area contributed by atoms with Gasteiger partial charge in [-0.2, -0.15) is 5.26 Å². The monoisotopic (exact) mass is 335 g/mol. The van der Waals surface area contributed by atoms with Crippen molar-refractivity contribution in [3.8, 4) is 11.8 Å². The van der Waals surface area contributed by atoms with Crippen LogP contribution in [0.3, 0.4) is 0 Å². The molecule has 0 radical (unpaired) electrons. The van der Waals surface area contributed by atoms with Gasteiger partial charge in [-0.1, -0.05) is 12.1 Å². The zero-order valence-electron chi connectivity index (χ0n) is 14.3. The van der Waals surface area contributed by atoms with E-state index in [1.807, 2.05) is 18.2 Å². The lowest BCUT2D eigenvalue weighted by Crippen LogP contribution is -2.46. The van der Waals surface area contributed by atoms with Crippen molar-refractivity contribution in [2.24, 2.45) is 0 Å². The molecule has 2 aromatic carbocycles. The second-order valence-electron chi connectivity index (χ2n) is 6.33. The molecule has 1 fully saturated rings. The van der Waals surface area contributed by atoms with Gasteiger partial charge in [0.15, 0.2) is 5.78 Å². The van der Waals surface area contributed by atoms with E-state index >= 15 is 0 Å². The molecule has 3 rings (SSSR count). The topological polar surface area (TPSA) is 67.6 Å². The van der Waals surface area contributed by atoms with Gasteiger partial charge in [-0.15, -0.1) is 0 Å². The fourth-order valence-corrected chi connectivity index (χ4v) is 3.17. The third-order valence-electron chi connectivity index (χ3n) is 4.55. The molecule has 5 heteroatoms. The lowest BCUT2D eigenvalue weighted by atomic mass is 10.1. The van der Waals surface area contributed by atoms with Gasteiger partial charge in [0.2, 0.25) is 0 Å². The number of ketones is 1. The molecule has 0 atom stereocenters. The average molecular weight is 335 g/mol. The highest BCUT2D eigenvalue weighted by Crippen LogP contribution is 2.24. The van der Waals surface area contributed by atoms with E-state index in [0.717, 1.165) is 44.0 Å². The van der Waals surface area contributed by atoms with Crippen molar-refractivity contribution < 1.29 is 9.90 Å². The van der Waals surface area contributed by atoms with Gasteiger partial charge in [-0.25, -0.2) is 0 Å². The number of hydrogen-bond acceptors (Lipinski definition) is 5. The Labute approximate surface area is 147 Å². The van der Waals surface area contributed by atoms with Crippen LogP contribution in [0.1, 0.15) is 28.4 Å². The number of carbonyl (C=O) groups excluding carboxylic acids is 1. The van der Waals surface area contributed by atoms with E-state index in [9.17, 15) is 15.2 Å². The largest absolute Gasteiger partial charge is 0.508 e. The first-order chi connectivity index (χ1) is 12.1. The highest BCUT2D eigenvalue weighted by Gasteiger charge is 2.20. The maximum absolute atomic E-state index is 11.6. The number of phenols is 1. The van der Waals surface area contributed by atoms with Crippen LogP contribution in [-0.4, -0.2) is 42.0 Å². The molecule has 1 heterocycles. The molecule has 2 aromatic rings. The van der Waals surface area contributed by atoms with E-state index < -0.39 is 0 Å². The molecule has 5 nitrogen and oxygen atoms in total. The Hall–Kier alpha value is -2.84. The zero-order chi connectivity index (χ0) is 17.8. The highest BCUT2D eigenvalue weighted by atomic mass is 16.3. The van der Waals surface area contributed by atoms with Crippen LogP contribution < -0.4 is 4.90 Å². The maximum Gasteiger partial charge on any atom is 0.159 e. The van der Waals surface area contributed by atoms with Gasteiger partial charge in [0.05, 0.1) is 11.3 Å². The quantitative estimate of drug-likeness (QED) is 0.870. The number of phenolic OH excluding ortho intramolecular Hbond substituents is 1. The van der Waals surface area contributed by atoms with Crippen LogP contribution in [0.2, 0.25) is 0 Å². The number of anilines is 1. The molecular formula is C20H21N3O2. The number of piperazine rings is 1. The van der Waals surface area contributed by atoms with Crippen LogP contribution in [0.15, 0.2) is 42.5 Å². The number of benzene rings is 2. The van der Waals surface area contributed by atoms with E-state index in [1.54, 1.807) is 31.2 Å². The molecule has 0 spiro atoms. The Morgan fingerprint density at radius 3 is 2.56 bits per heavy atom. The van der Waals surface area contributed by atoms with Gasteiger partial charge in [-0.05, 0) is 42.8 Å². The molecule has 0 aromatic heterocycles. The molecule has 128 valence electrons. The first-order valence-electron chi connectivity index (χ1n) is 8.37. The molecular weight excluding hydrogens is 314 g/mol. The number of carbonyl (C=O) groups is 1. The molecule has 0 aliphatic carbocycles. The van der Waals surface area contributed by atoms with E-state index in [1.165, 1.54) is 0 Å². The summed E-state index contributed by atoms with van der Waals surface area (Å²) in [4.78, 5) is 16.1. The van der Waals surface area contributed by atoms with Gasteiger partial charge in [0, 0.05) is 38.3 Å². The van der Waals surface area contributed by atoms with Crippen LogP contribution in [0, 0.1) is 11.3 Å². The minimum absolute atomic E-state index is 0.00765. The van der Waals surface area contributed by atoms with Crippen LogP contribution in [0.5, 0.6) is 5.75 Å². The van der Waals surface area contributed by atoms with E-state index in [0.29, 0.717) is 11.1 Å². The standard InChI is InChI=1S/C20H21N3O2/c1-15(24)17-5-6-18(13-21)20(12-17)23-9-7-22(8-10-23)14-16-3-2-4-19(25)11-16/h2-6,11-12,25H,7-10,14H2,1H3. The summed E-state index contributed by atoms with van der Waals surface area (Å²) in [6.07, 6.45) is 0. The van der Waals surface area contributed by atoms with Gasteiger partial charge in [0.25, 0.3) is 0 Å². The fourth-order valence-electron chi connectivity index (χ4n) is 3.17.